The molecule has 206 valence electrons. The van der Waals surface area contributed by atoms with Crippen molar-refractivity contribution in [2.75, 3.05) is 63.2 Å². The zero-order valence-corrected chi connectivity index (χ0v) is 23.0. The minimum Gasteiger partial charge on any atom is -0.483 e. The maximum absolute atomic E-state index is 14.0. The van der Waals surface area contributed by atoms with Gasteiger partial charge in [-0.15, -0.1) is 0 Å². The summed E-state index contributed by atoms with van der Waals surface area (Å²) in [5, 5.41) is 5.43. The number of aromatic nitrogens is 3. The molecule has 12 heteroatoms. The number of hydrogen-bond donors (Lipinski definition) is 1. The van der Waals surface area contributed by atoms with Crippen LogP contribution in [0.15, 0.2) is 30.3 Å². The summed E-state index contributed by atoms with van der Waals surface area (Å²) in [6.45, 7) is 2.96. The van der Waals surface area contributed by atoms with E-state index in [0.29, 0.717) is 41.6 Å². The van der Waals surface area contributed by atoms with Crippen molar-refractivity contribution in [2.45, 2.75) is 31.3 Å². The van der Waals surface area contributed by atoms with Crippen LogP contribution in [-0.2, 0) is 4.79 Å². The number of ether oxygens (including phenoxy) is 1. The van der Waals surface area contributed by atoms with Crippen molar-refractivity contribution in [1.29, 1.82) is 0 Å². The van der Waals surface area contributed by atoms with E-state index in [9.17, 15) is 9.59 Å². The van der Waals surface area contributed by atoms with Gasteiger partial charge in [0.2, 0.25) is 0 Å². The number of likely N-dealkylation sites (N-methyl/N-ethyl adjacent to an activating group) is 2. The number of piperidine rings is 1. The normalized spacial score (nSPS) is 21.2. The van der Waals surface area contributed by atoms with E-state index in [1.807, 2.05) is 28.6 Å². The summed E-state index contributed by atoms with van der Waals surface area (Å²) in [6, 6.07) is 8.86. The summed E-state index contributed by atoms with van der Waals surface area (Å²) in [7, 11) is 3.73. The highest BCUT2D eigenvalue weighted by Crippen LogP contribution is 2.35. The molecule has 2 aromatic heterocycles. The van der Waals surface area contributed by atoms with Crippen LogP contribution in [0, 0.1) is 0 Å². The summed E-state index contributed by atoms with van der Waals surface area (Å²) in [4.78, 5) is 39.5. The number of hydrogen-bond acceptors (Lipinski definition) is 8. The van der Waals surface area contributed by atoms with Crippen LogP contribution in [0.3, 0.4) is 0 Å². The smallest absolute Gasteiger partial charge is 0.260 e. The second-order valence-electron chi connectivity index (χ2n) is 10.7. The predicted molar refractivity (Wildman–Crippen MR) is 149 cm³/mol. The Morgan fingerprint density at radius 3 is 2.62 bits per heavy atom. The lowest BCUT2D eigenvalue weighted by atomic mass is 9.98. The van der Waals surface area contributed by atoms with Crippen LogP contribution in [0.2, 0.25) is 5.02 Å². The van der Waals surface area contributed by atoms with Gasteiger partial charge >= 0.3 is 0 Å². The molecule has 2 N–H and O–H groups in total. The van der Waals surface area contributed by atoms with E-state index < -0.39 is 0 Å². The van der Waals surface area contributed by atoms with Crippen LogP contribution >= 0.6 is 11.6 Å². The Bertz CT molecular complexity index is 1420. The molecule has 1 aromatic carbocycles. The van der Waals surface area contributed by atoms with Crippen molar-refractivity contribution < 1.29 is 14.3 Å². The number of anilines is 2. The maximum atomic E-state index is 14.0. The summed E-state index contributed by atoms with van der Waals surface area (Å²) < 4.78 is 7.74. The van der Waals surface area contributed by atoms with E-state index in [1.165, 1.54) is 0 Å². The van der Waals surface area contributed by atoms with Crippen molar-refractivity contribution in [3.63, 3.8) is 0 Å². The van der Waals surface area contributed by atoms with Crippen molar-refractivity contribution in [3.8, 4) is 5.75 Å². The number of amides is 2. The van der Waals surface area contributed by atoms with Gasteiger partial charge in [0.05, 0.1) is 17.3 Å². The second kappa shape index (κ2) is 10.2. The predicted octanol–water partition coefficient (Wildman–Crippen LogP) is 2.18. The molecule has 2 fully saturated rings. The van der Waals surface area contributed by atoms with E-state index in [-0.39, 0.29) is 30.5 Å². The summed E-state index contributed by atoms with van der Waals surface area (Å²) >= 11 is 6.31. The van der Waals surface area contributed by atoms with Gasteiger partial charge in [-0.25, -0.2) is 4.98 Å². The third-order valence-corrected chi connectivity index (χ3v) is 8.10. The van der Waals surface area contributed by atoms with Crippen molar-refractivity contribution in [2.24, 2.45) is 5.73 Å². The first-order valence-corrected chi connectivity index (χ1v) is 13.8. The summed E-state index contributed by atoms with van der Waals surface area (Å²) in [6.07, 6.45) is 2.66. The van der Waals surface area contributed by atoms with E-state index in [1.54, 1.807) is 30.1 Å². The maximum Gasteiger partial charge on any atom is 0.260 e. The SMILES string of the molecule is CN1CCN(C)c2cc(N3CC(N)C3)nc3cc(nn23)C2CCCCN2C(=O)c2cc(Cl)ccc2OCC1=O. The average Bonchev–Trinajstić information content (AvgIpc) is 3.35. The Balaban J connectivity index is 1.47. The fourth-order valence-electron chi connectivity index (χ4n) is 5.48. The summed E-state index contributed by atoms with van der Waals surface area (Å²) in [5.74, 6) is 1.67. The van der Waals surface area contributed by atoms with Gasteiger partial charge in [-0.3, -0.25) is 9.59 Å². The number of carbonyl (C=O) groups is 2. The van der Waals surface area contributed by atoms with Crippen LogP contribution in [0.1, 0.15) is 41.4 Å². The van der Waals surface area contributed by atoms with Gasteiger partial charge in [0.25, 0.3) is 11.8 Å². The van der Waals surface area contributed by atoms with Crippen molar-refractivity contribution >= 4 is 40.7 Å². The number of benzene rings is 1. The molecule has 2 saturated heterocycles. The molecule has 39 heavy (non-hydrogen) atoms. The quantitative estimate of drug-likeness (QED) is 0.489. The largest absolute Gasteiger partial charge is 0.483 e. The molecule has 2 amide bonds. The lowest BCUT2D eigenvalue weighted by Crippen LogP contribution is -2.56. The molecule has 1 unspecified atom stereocenters. The van der Waals surface area contributed by atoms with Gasteiger partial charge in [-0.05, 0) is 37.5 Å². The van der Waals surface area contributed by atoms with Gasteiger partial charge in [0, 0.05) is 70.0 Å². The zero-order valence-electron chi connectivity index (χ0n) is 22.2. The van der Waals surface area contributed by atoms with Crippen LogP contribution in [0.25, 0.3) is 5.65 Å². The Morgan fingerprint density at radius 2 is 1.82 bits per heavy atom. The van der Waals surface area contributed by atoms with Crippen LogP contribution in [0.4, 0.5) is 11.6 Å². The van der Waals surface area contributed by atoms with E-state index in [0.717, 1.165) is 49.7 Å². The second-order valence-corrected chi connectivity index (χ2v) is 11.1. The highest BCUT2D eigenvalue weighted by atomic mass is 35.5. The highest BCUT2D eigenvalue weighted by molar-refractivity contribution is 6.31. The number of halogens is 1. The van der Waals surface area contributed by atoms with E-state index >= 15 is 0 Å². The number of nitrogens with two attached hydrogens (primary N) is 1. The first kappa shape index (κ1) is 25.7. The molecule has 5 heterocycles. The average molecular weight is 553 g/mol. The Hall–Kier alpha value is -3.57. The molecule has 6 rings (SSSR count). The third-order valence-electron chi connectivity index (χ3n) is 7.86. The Labute approximate surface area is 232 Å². The molecule has 11 nitrogen and oxygen atoms in total. The molecule has 3 aliphatic heterocycles. The van der Waals surface area contributed by atoms with E-state index in [2.05, 4.69) is 9.80 Å². The molecule has 3 aromatic rings. The van der Waals surface area contributed by atoms with E-state index in [4.69, 9.17) is 32.2 Å². The standard InChI is InChI=1S/C27H33ClN8O3/c1-32-9-10-33(2)26(37)16-39-22-7-6-17(28)11-19(22)27(38)35-8-4-3-5-21(35)20-12-24-30-23(34-14-18(29)15-34)13-25(32)36(24)31-20/h6-7,11-13,18,21H,3-5,8-10,14-16,29H2,1-2H3. The fourth-order valence-corrected chi connectivity index (χ4v) is 5.65. The van der Waals surface area contributed by atoms with Crippen LogP contribution < -0.4 is 20.3 Å². The van der Waals surface area contributed by atoms with Crippen molar-refractivity contribution in [3.05, 3.63) is 46.6 Å². The first-order valence-electron chi connectivity index (χ1n) is 13.4. The number of fused-ring (bicyclic) bond motifs is 4. The minimum atomic E-state index is -0.223. The molecule has 0 spiro atoms. The molecule has 0 saturated carbocycles. The monoisotopic (exact) mass is 552 g/mol. The number of rotatable bonds is 1. The van der Waals surface area contributed by atoms with Gasteiger partial charge in [-0.2, -0.15) is 9.61 Å². The highest BCUT2D eigenvalue weighted by Gasteiger charge is 2.33. The van der Waals surface area contributed by atoms with Gasteiger partial charge < -0.3 is 30.1 Å². The molecular weight excluding hydrogens is 520 g/mol. The minimum absolute atomic E-state index is 0.138. The molecule has 0 aliphatic carbocycles. The zero-order chi connectivity index (χ0) is 27.3. The number of carbonyl (C=O) groups excluding carboxylic acids is 2. The lowest BCUT2D eigenvalue weighted by Gasteiger charge is -2.38. The topological polar surface area (TPSA) is 113 Å². The van der Waals surface area contributed by atoms with Crippen LogP contribution in [0.5, 0.6) is 5.75 Å². The fraction of sp³-hybridized carbons (Fsp3) is 0.481. The summed E-state index contributed by atoms with van der Waals surface area (Å²) in [5.41, 5.74) is 7.91. The Kier molecular flexibility index (Phi) is 6.72. The van der Waals surface area contributed by atoms with Gasteiger partial charge in [0.15, 0.2) is 12.3 Å². The Morgan fingerprint density at radius 1 is 1.03 bits per heavy atom. The van der Waals surface area contributed by atoms with Crippen LogP contribution in [-0.4, -0.2) is 95.7 Å². The van der Waals surface area contributed by atoms with Crippen molar-refractivity contribution in [1.82, 2.24) is 24.4 Å². The number of nitrogens with zero attached hydrogens (tertiary/aromatic N) is 7. The van der Waals surface area contributed by atoms with Gasteiger partial charge in [-0.1, -0.05) is 11.6 Å². The van der Waals surface area contributed by atoms with Gasteiger partial charge in [0.1, 0.15) is 17.4 Å². The molecule has 1 atom stereocenters. The third kappa shape index (κ3) is 4.85. The molecule has 0 radical (unpaired) electrons. The molecular formula is C27H33ClN8O3. The molecule has 3 aliphatic rings. The lowest BCUT2D eigenvalue weighted by molar-refractivity contribution is -0.131. The molecule has 2 bridgehead atoms. The first-order chi connectivity index (χ1) is 18.8.